The summed E-state index contributed by atoms with van der Waals surface area (Å²) in [5.41, 5.74) is 7.13. The zero-order valence-electron chi connectivity index (χ0n) is 19.6. The molecule has 0 aliphatic carbocycles. The van der Waals surface area contributed by atoms with Gasteiger partial charge in [0.2, 0.25) is 5.91 Å². The van der Waals surface area contributed by atoms with Crippen molar-refractivity contribution < 1.29 is 23.5 Å². The lowest BCUT2D eigenvalue weighted by molar-refractivity contribution is -0.119. The van der Waals surface area contributed by atoms with Gasteiger partial charge in [0.25, 0.3) is 11.8 Å². The van der Waals surface area contributed by atoms with E-state index in [1.165, 1.54) is 11.0 Å². The van der Waals surface area contributed by atoms with E-state index in [-0.39, 0.29) is 36.0 Å². The van der Waals surface area contributed by atoms with Gasteiger partial charge >= 0.3 is 0 Å². The van der Waals surface area contributed by atoms with E-state index in [1.54, 1.807) is 35.2 Å². The molecule has 2 aromatic carbocycles. The molecule has 0 radical (unpaired) electrons. The second-order valence-electron chi connectivity index (χ2n) is 9.11. The minimum atomic E-state index is -0.932. The first-order valence-electron chi connectivity index (χ1n) is 12.0. The first-order valence-corrected chi connectivity index (χ1v) is 12.0. The number of piperidine rings is 2. The highest BCUT2D eigenvalue weighted by Crippen LogP contribution is 2.34. The summed E-state index contributed by atoms with van der Waals surface area (Å²) in [4.78, 5) is 45.3. The first-order chi connectivity index (χ1) is 17.3. The molecule has 3 aliphatic heterocycles. The maximum Gasteiger partial charge on any atom is 0.273 e. The van der Waals surface area contributed by atoms with Gasteiger partial charge in [-0.2, -0.15) is 0 Å². The molecule has 2 saturated heterocycles. The molecule has 5 rings (SSSR count). The van der Waals surface area contributed by atoms with Crippen molar-refractivity contribution in [1.82, 2.24) is 0 Å². The van der Waals surface area contributed by atoms with Crippen molar-refractivity contribution in [1.29, 1.82) is 5.41 Å². The number of nitrogens with zero attached hydrogens (tertiary/aromatic N) is 3. The Morgan fingerprint density at radius 1 is 1.06 bits per heavy atom. The van der Waals surface area contributed by atoms with Gasteiger partial charge in [0, 0.05) is 48.9 Å². The number of fused-ring (bicyclic) bond motifs is 1. The van der Waals surface area contributed by atoms with Crippen molar-refractivity contribution in [3.63, 3.8) is 0 Å². The van der Waals surface area contributed by atoms with E-state index in [2.05, 4.69) is 4.99 Å². The predicted octanol–water partition coefficient (Wildman–Crippen LogP) is 2.91. The lowest BCUT2D eigenvalue weighted by atomic mass is 9.88. The number of benzene rings is 2. The molecule has 3 amide bonds. The molecule has 3 heterocycles. The van der Waals surface area contributed by atoms with Gasteiger partial charge in [0.05, 0.1) is 18.2 Å². The van der Waals surface area contributed by atoms with E-state index in [0.29, 0.717) is 37.2 Å². The third-order valence-electron chi connectivity index (χ3n) is 6.82. The fraction of sp³-hybridized carbons (Fsp3) is 0.346. The van der Waals surface area contributed by atoms with E-state index in [9.17, 15) is 18.8 Å². The van der Waals surface area contributed by atoms with Crippen molar-refractivity contribution in [2.24, 2.45) is 16.6 Å². The van der Waals surface area contributed by atoms with Crippen LogP contribution in [0.5, 0.6) is 5.75 Å². The number of primary amides is 1. The highest BCUT2D eigenvalue weighted by molar-refractivity contribution is 6.54. The van der Waals surface area contributed by atoms with Crippen LogP contribution in [0.15, 0.2) is 41.4 Å². The number of rotatable bonds is 5. The van der Waals surface area contributed by atoms with Gasteiger partial charge in [-0.1, -0.05) is 0 Å². The van der Waals surface area contributed by atoms with E-state index in [4.69, 9.17) is 15.9 Å². The largest absolute Gasteiger partial charge is 0.490 e. The smallest absolute Gasteiger partial charge is 0.273 e. The fourth-order valence-corrected chi connectivity index (χ4v) is 4.95. The number of nitrogens with two attached hydrogens (primary N) is 1. The number of hydrogen-bond donors (Lipinski definition) is 2. The summed E-state index contributed by atoms with van der Waals surface area (Å²) in [7, 11) is 0. The van der Waals surface area contributed by atoms with E-state index in [1.807, 2.05) is 0 Å². The summed E-state index contributed by atoms with van der Waals surface area (Å²) in [5.74, 6) is -2.63. The third kappa shape index (κ3) is 4.34. The number of nitrogens with one attached hydrogen (secondary N) is 1. The number of carbonyl (C=O) groups excluding carboxylic acids is 3. The molecule has 3 aliphatic rings. The third-order valence-corrected chi connectivity index (χ3v) is 6.82. The SMILES string of the molecule is N=C(C(N)=O)C1CCN(c2ccc(N3CCCCC3=O)cc2)C(=O)C1=Nc1cc(F)c2c(c1)CCO2. The molecule has 0 spiro atoms. The number of carbonyl (C=O) groups is 3. The van der Waals surface area contributed by atoms with Crippen molar-refractivity contribution in [2.75, 3.05) is 29.5 Å². The summed E-state index contributed by atoms with van der Waals surface area (Å²) < 4.78 is 19.8. The molecule has 0 saturated carbocycles. The molecule has 0 aromatic heterocycles. The van der Waals surface area contributed by atoms with Gasteiger partial charge in [-0.15, -0.1) is 0 Å². The summed E-state index contributed by atoms with van der Waals surface area (Å²) in [6.07, 6.45) is 3.14. The van der Waals surface area contributed by atoms with E-state index in [0.717, 1.165) is 18.5 Å². The lowest BCUT2D eigenvalue weighted by Gasteiger charge is -2.33. The van der Waals surface area contributed by atoms with Crippen LogP contribution in [0.4, 0.5) is 21.5 Å². The minimum absolute atomic E-state index is 0.0430. The topological polar surface area (TPSA) is 129 Å². The van der Waals surface area contributed by atoms with Crippen molar-refractivity contribution in [3.05, 3.63) is 47.8 Å². The molecular weight excluding hydrogens is 465 g/mol. The molecule has 0 bridgehead atoms. The molecule has 186 valence electrons. The number of halogens is 1. The van der Waals surface area contributed by atoms with Crippen LogP contribution in [0.3, 0.4) is 0 Å². The van der Waals surface area contributed by atoms with Crippen LogP contribution in [0, 0.1) is 17.1 Å². The number of ether oxygens (including phenoxy) is 1. The summed E-state index contributed by atoms with van der Waals surface area (Å²) in [6, 6.07) is 9.96. The monoisotopic (exact) mass is 491 g/mol. The Kier molecular flexibility index (Phi) is 6.26. The lowest BCUT2D eigenvalue weighted by Crippen LogP contribution is -2.50. The van der Waals surface area contributed by atoms with Crippen LogP contribution in [0.2, 0.25) is 0 Å². The Morgan fingerprint density at radius 2 is 1.78 bits per heavy atom. The molecule has 1 atom stereocenters. The average molecular weight is 492 g/mol. The normalized spacial score (nSPS) is 20.9. The van der Waals surface area contributed by atoms with Gasteiger partial charge in [-0.3, -0.25) is 19.8 Å². The van der Waals surface area contributed by atoms with Crippen molar-refractivity contribution in [3.8, 4) is 5.75 Å². The van der Waals surface area contributed by atoms with Crippen LogP contribution in [-0.2, 0) is 20.8 Å². The standard InChI is InChI=1S/C26H26FN5O4/c27-20-14-16(13-15-9-12-36-24(15)20)30-23-19(22(28)25(29)34)8-11-32(26(23)35)18-6-4-17(5-7-18)31-10-2-1-3-21(31)33/h4-7,13-14,19,28H,1-3,8-12H2,(H2,29,34). The van der Waals surface area contributed by atoms with Crippen LogP contribution < -0.4 is 20.3 Å². The van der Waals surface area contributed by atoms with Crippen LogP contribution in [-0.4, -0.2) is 48.8 Å². The van der Waals surface area contributed by atoms with Crippen LogP contribution >= 0.6 is 0 Å². The Morgan fingerprint density at radius 3 is 2.47 bits per heavy atom. The van der Waals surface area contributed by atoms with Gasteiger partial charge < -0.3 is 20.3 Å². The molecule has 36 heavy (non-hydrogen) atoms. The Hall–Kier alpha value is -4.08. The number of aliphatic imine (C=N–C) groups is 1. The Balaban J connectivity index is 1.47. The van der Waals surface area contributed by atoms with Gasteiger partial charge in [0.15, 0.2) is 11.6 Å². The second kappa shape index (κ2) is 9.52. The maximum absolute atomic E-state index is 14.5. The summed E-state index contributed by atoms with van der Waals surface area (Å²) in [6.45, 7) is 1.27. The second-order valence-corrected chi connectivity index (χ2v) is 9.11. The van der Waals surface area contributed by atoms with Crippen LogP contribution in [0.1, 0.15) is 31.2 Å². The van der Waals surface area contributed by atoms with Crippen LogP contribution in [0.25, 0.3) is 0 Å². The van der Waals surface area contributed by atoms with Crippen molar-refractivity contribution in [2.45, 2.75) is 32.1 Å². The average Bonchev–Trinajstić information content (AvgIpc) is 3.35. The molecule has 1 unspecified atom stereocenters. The van der Waals surface area contributed by atoms with Crippen molar-refractivity contribution >= 4 is 46.2 Å². The molecule has 3 N–H and O–H groups in total. The molecule has 9 nitrogen and oxygen atoms in total. The number of anilines is 2. The van der Waals surface area contributed by atoms with E-state index >= 15 is 0 Å². The molecule has 10 heteroatoms. The van der Waals surface area contributed by atoms with Gasteiger partial charge in [-0.05, 0) is 49.6 Å². The molecule has 2 fully saturated rings. The highest BCUT2D eigenvalue weighted by Gasteiger charge is 2.38. The number of hydrogen-bond acceptors (Lipinski definition) is 6. The maximum atomic E-state index is 14.5. The summed E-state index contributed by atoms with van der Waals surface area (Å²) >= 11 is 0. The summed E-state index contributed by atoms with van der Waals surface area (Å²) in [5, 5.41) is 8.16. The van der Waals surface area contributed by atoms with E-state index < -0.39 is 29.3 Å². The Labute approximate surface area is 207 Å². The first kappa shape index (κ1) is 23.7. The van der Waals surface area contributed by atoms with Gasteiger partial charge in [-0.25, -0.2) is 9.38 Å². The predicted molar refractivity (Wildman–Crippen MR) is 133 cm³/mol. The molecular formula is C26H26FN5O4. The number of amides is 3. The quantitative estimate of drug-likeness (QED) is 0.623. The molecule has 2 aromatic rings. The van der Waals surface area contributed by atoms with Gasteiger partial charge in [0.1, 0.15) is 11.4 Å². The fourth-order valence-electron chi connectivity index (χ4n) is 4.95. The minimum Gasteiger partial charge on any atom is -0.490 e. The Bertz CT molecular complexity index is 1290. The highest BCUT2D eigenvalue weighted by atomic mass is 19.1. The zero-order valence-corrected chi connectivity index (χ0v) is 19.6. The zero-order chi connectivity index (χ0) is 25.4.